The first-order valence-corrected chi connectivity index (χ1v) is 10.3. The molecule has 1 amide bonds. The molecule has 2 N–H and O–H groups in total. The second-order valence-electron chi connectivity index (χ2n) is 7.96. The first kappa shape index (κ1) is 22.4. The smallest absolute Gasteiger partial charge is 0.252 e. The fourth-order valence-electron chi connectivity index (χ4n) is 3.48. The molecule has 1 atom stereocenters. The lowest BCUT2D eigenvalue weighted by Gasteiger charge is -2.23. The van der Waals surface area contributed by atoms with Gasteiger partial charge in [0, 0.05) is 23.5 Å². The van der Waals surface area contributed by atoms with Crippen LogP contribution in [0.2, 0.25) is 0 Å². The van der Waals surface area contributed by atoms with Gasteiger partial charge in [0.1, 0.15) is 11.6 Å². The van der Waals surface area contributed by atoms with Crippen LogP contribution in [0, 0.1) is 26.7 Å². The molecule has 2 heterocycles. The lowest BCUT2D eigenvalue weighted by molar-refractivity contribution is -0.115. The molecule has 0 bridgehead atoms. The number of carbonyl (C=O) groups excluding carboxylic acids is 1. The Kier molecular flexibility index (Phi) is 7.02. The van der Waals surface area contributed by atoms with Crippen LogP contribution in [0.4, 0.5) is 5.82 Å². The molecule has 0 saturated heterocycles. The highest BCUT2D eigenvalue weighted by molar-refractivity contribution is 5.91. The summed E-state index contributed by atoms with van der Waals surface area (Å²) in [5.74, 6) is 1.93. The van der Waals surface area contributed by atoms with E-state index < -0.39 is 0 Å². The molecule has 1 aromatic carbocycles. The van der Waals surface area contributed by atoms with Crippen LogP contribution in [-0.4, -0.2) is 39.3 Å². The van der Waals surface area contributed by atoms with E-state index in [1.54, 1.807) is 11.8 Å². The van der Waals surface area contributed by atoms with Gasteiger partial charge in [-0.15, -0.1) is 0 Å². The lowest BCUT2D eigenvalue weighted by atomic mass is 9.96. The van der Waals surface area contributed by atoms with Crippen molar-refractivity contribution >= 4 is 11.7 Å². The zero-order valence-electron chi connectivity index (χ0n) is 18.9. The number of carbonyl (C=O) groups is 1. The van der Waals surface area contributed by atoms with Gasteiger partial charge >= 0.3 is 0 Å². The minimum atomic E-state index is -0.162. The van der Waals surface area contributed by atoms with Crippen LogP contribution >= 0.6 is 0 Å². The summed E-state index contributed by atoms with van der Waals surface area (Å²) in [5.41, 5.74) is 3.56. The Hall–Kier alpha value is -3.26. The van der Waals surface area contributed by atoms with Crippen molar-refractivity contribution < 1.29 is 9.53 Å². The number of nitrogens with zero attached hydrogens (tertiary/aromatic N) is 4. The lowest BCUT2D eigenvalue weighted by Crippen LogP contribution is -2.34. The molecule has 0 saturated carbocycles. The Bertz CT molecular complexity index is 1020. The average Bonchev–Trinajstić information content (AvgIpc) is 3.07. The van der Waals surface area contributed by atoms with Gasteiger partial charge in [-0.1, -0.05) is 26.0 Å². The van der Waals surface area contributed by atoms with Gasteiger partial charge < -0.3 is 15.4 Å². The number of methoxy groups -OCH3 is 1. The van der Waals surface area contributed by atoms with Crippen LogP contribution < -0.4 is 15.4 Å². The first-order chi connectivity index (χ1) is 14.8. The Labute approximate surface area is 183 Å². The third-order valence-corrected chi connectivity index (χ3v) is 4.88. The van der Waals surface area contributed by atoms with Crippen LogP contribution in [0.25, 0.3) is 5.95 Å². The van der Waals surface area contributed by atoms with Crippen LogP contribution in [0.1, 0.15) is 42.5 Å². The summed E-state index contributed by atoms with van der Waals surface area (Å²) in [4.78, 5) is 21.6. The minimum absolute atomic E-state index is 0.0334. The van der Waals surface area contributed by atoms with E-state index in [0.717, 1.165) is 28.4 Å². The molecule has 0 fully saturated rings. The summed E-state index contributed by atoms with van der Waals surface area (Å²) in [6.45, 7) is 10.1. The van der Waals surface area contributed by atoms with Gasteiger partial charge in [0.2, 0.25) is 5.91 Å². The molecule has 3 rings (SSSR count). The maximum Gasteiger partial charge on any atom is 0.252 e. The maximum atomic E-state index is 12.7. The van der Waals surface area contributed by atoms with E-state index in [4.69, 9.17) is 4.74 Å². The number of benzene rings is 1. The van der Waals surface area contributed by atoms with Crippen LogP contribution in [-0.2, 0) is 4.79 Å². The van der Waals surface area contributed by atoms with Crippen LogP contribution in [0.3, 0.4) is 0 Å². The maximum absolute atomic E-state index is 12.7. The second-order valence-corrected chi connectivity index (χ2v) is 7.96. The van der Waals surface area contributed by atoms with Crippen molar-refractivity contribution in [1.82, 2.24) is 25.1 Å². The number of rotatable bonds is 8. The van der Waals surface area contributed by atoms with E-state index in [9.17, 15) is 4.79 Å². The van der Waals surface area contributed by atoms with Crippen molar-refractivity contribution in [3.05, 3.63) is 59.0 Å². The minimum Gasteiger partial charge on any atom is -0.497 e. The third kappa shape index (κ3) is 5.67. The van der Waals surface area contributed by atoms with Gasteiger partial charge in [-0.3, -0.25) is 4.79 Å². The number of aryl methyl sites for hydroxylation is 3. The van der Waals surface area contributed by atoms with E-state index in [1.165, 1.54) is 0 Å². The summed E-state index contributed by atoms with van der Waals surface area (Å²) < 4.78 is 6.80. The normalized spacial score (nSPS) is 12.1. The molecular weight excluding hydrogens is 392 g/mol. The third-order valence-electron chi connectivity index (χ3n) is 4.88. The predicted molar refractivity (Wildman–Crippen MR) is 121 cm³/mol. The van der Waals surface area contributed by atoms with Gasteiger partial charge in [-0.05, 0) is 50.5 Å². The van der Waals surface area contributed by atoms with Gasteiger partial charge in [-0.25, -0.2) is 9.97 Å². The first-order valence-electron chi connectivity index (χ1n) is 10.3. The number of nitrogens with one attached hydrogen (secondary N) is 2. The molecule has 0 radical (unpaired) electrons. The largest absolute Gasteiger partial charge is 0.497 e. The number of ether oxygens (including phenoxy) is 1. The zero-order chi connectivity index (χ0) is 22.5. The molecule has 0 aliphatic carbocycles. The van der Waals surface area contributed by atoms with Crippen molar-refractivity contribution in [3.8, 4) is 11.7 Å². The fraction of sp³-hybridized carbons (Fsp3) is 0.391. The highest BCUT2D eigenvalue weighted by Crippen LogP contribution is 2.24. The molecule has 8 heteroatoms. The monoisotopic (exact) mass is 422 g/mol. The molecule has 8 nitrogen and oxygen atoms in total. The molecule has 0 aliphatic rings. The molecule has 3 aromatic rings. The van der Waals surface area contributed by atoms with Gasteiger partial charge in [0.05, 0.1) is 19.3 Å². The molecule has 0 spiro atoms. The quantitative estimate of drug-likeness (QED) is 0.577. The van der Waals surface area contributed by atoms with E-state index >= 15 is 0 Å². The Morgan fingerprint density at radius 3 is 2.26 bits per heavy atom. The number of amides is 1. The van der Waals surface area contributed by atoms with Crippen LogP contribution in [0.15, 0.2) is 36.4 Å². The molecule has 0 aliphatic heterocycles. The number of aromatic nitrogens is 4. The van der Waals surface area contributed by atoms with Gasteiger partial charge in [0.25, 0.3) is 5.95 Å². The topological polar surface area (TPSA) is 94.0 Å². The molecular formula is C23H30N6O2. The Morgan fingerprint density at radius 1 is 1.03 bits per heavy atom. The molecule has 164 valence electrons. The van der Waals surface area contributed by atoms with Crippen molar-refractivity contribution in [3.63, 3.8) is 0 Å². The molecule has 2 aromatic heterocycles. The summed E-state index contributed by atoms with van der Waals surface area (Å²) in [5, 5.41) is 10.7. The average molecular weight is 423 g/mol. The highest BCUT2D eigenvalue weighted by atomic mass is 16.5. The van der Waals surface area contributed by atoms with Crippen molar-refractivity contribution in [1.29, 1.82) is 0 Å². The van der Waals surface area contributed by atoms with Crippen molar-refractivity contribution in [2.75, 3.05) is 19.0 Å². The highest BCUT2D eigenvalue weighted by Gasteiger charge is 2.18. The second kappa shape index (κ2) is 9.70. The molecule has 1 unspecified atom stereocenters. The molecule has 31 heavy (non-hydrogen) atoms. The Morgan fingerprint density at radius 2 is 1.68 bits per heavy atom. The van der Waals surface area contributed by atoms with Gasteiger partial charge in [0.15, 0.2) is 0 Å². The zero-order valence-corrected chi connectivity index (χ0v) is 18.9. The van der Waals surface area contributed by atoms with Crippen molar-refractivity contribution in [2.24, 2.45) is 5.92 Å². The summed E-state index contributed by atoms with van der Waals surface area (Å²) >= 11 is 0. The van der Waals surface area contributed by atoms with Crippen molar-refractivity contribution in [2.45, 2.75) is 40.7 Å². The summed E-state index contributed by atoms with van der Waals surface area (Å²) in [6, 6.07) is 11.6. The number of anilines is 1. The SMILES string of the molecule is COc1ccc(C(NCC(=O)Nc2cc(C)nn2-c2nc(C)cc(C)n2)C(C)C)cc1. The van der Waals surface area contributed by atoms with E-state index in [-0.39, 0.29) is 18.5 Å². The number of hydrogen-bond donors (Lipinski definition) is 2. The summed E-state index contributed by atoms with van der Waals surface area (Å²) in [7, 11) is 1.65. The van der Waals surface area contributed by atoms with E-state index in [1.807, 2.05) is 57.2 Å². The van der Waals surface area contributed by atoms with E-state index in [2.05, 4.69) is 39.5 Å². The van der Waals surface area contributed by atoms with Gasteiger partial charge in [-0.2, -0.15) is 9.78 Å². The fourth-order valence-corrected chi connectivity index (χ4v) is 3.48. The summed E-state index contributed by atoms with van der Waals surface area (Å²) in [6.07, 6.45) is 0. The number of hydrogen-bond acceptors (Lipinski definition) is 6. The Balaban J connectivity index is 1.71. The van der Waals surface area contributed by atoms with Crippen LogP contribution in [0.5, 0.6) is 5.75 Å². The predicted octanol–water partition coefficient (Wildman–Crippen LogP) is 3.52. The van der Waals surface area contributed by atoms with E-state index in [0.29, 0.717) is 17.7 Å². The standard InChI is InChI=1S/C23H30N6O2/c1-14(2)22(18-7-9-19(31-6)10-8-18)24-13-21(30)27-20-12-17(5)28-29(20)23-25-15(3)11-16(4)26-23/h7-12,14,22,24H,13H2,1-6H3,(H,27,30).